The van der Waals surface area contributed by atoms with E-state index in [0.29, 0.717) is 16.3 Å². The van der Waals surface area contributed by atoms with Gasteiger partial charge in [0, 0.05) is 19.7 Å². The summed E-state index contributed by atoms with van der Waals surface area (Å²) in [6, 6.07) is -2.43. The molecular weight excluding hydrogens is 360 g/mol. The molecule has 0 saturated carbocycles. The fraction of sp³-hybridized carbons (Fsp3) is 0.455. The van der Waals surface area contributed by atoms with Crippen LogP contribution in [0, 0.1) is 0 Å². The quantitative estimate of drug-likeness (QED) is 0.649. The third kappa shape index (κ3) is 2.18. The Hall–Kier alpha value is -2.71. The number of carbonyl (C=O) groups is 1. The van der Waals surface area contributed by atoms with Gasteiger partial charge in [-0.05, 0) is 0 Å². The number of carbonyl (C=O) groups excluding carboxylic acids is 1. The van der Waals surface area contributed by atoms with Gasteiger partial charge < -0.3 is 4.90 Å². The number of aryl methyl sites for hydroxylation is 1. The van der Waals surface area contributed by atoms with E-state index in [1.165, 1.54) is 22.8 Å². The van der Waals surface area contributed by atoms with Crippen molar-refractivity contribution < 1.29 is 26.6 Å². The Bertz CT molecular complexity index is 1040. The van der Waals surface area contributed by atoms with Crippen LogP contribution in [0.1, 0.15) is 29.2 Å². The Morgan fingerprint density at radius 1 is 1.36 bits per heavy atom. The molecule has 2 aromatic rings. The van der Waals surface area contributed by atoms with Gasteiger partial charge in [0.1, 0.15) is 12.1 Å². The van der Waals surface area contributed by atoms with Crippen LogP contribution >= 0.6 is 0 Å². The number of urea groups is 1. The highest BCUT2D eigenvalue weighted by Gasteiger charge is 2.53. The van der Waals surface area contributed by atoms with Crippen LogP contribution < -0.4 is 5.76 Å². The van der Waals surface area contributed by atoms with Crippen molar-refractivity contribution in [2.45, 2.75) is 12.1 Å². The molecule has 2 bridgehead atoms. The first-order valence-corrected chi connectivity index (χ1v) is 8.37. The Morgan fingerprint density at radius 3 is 2.68 bits per heavy atom. The second-order valence-electron chi connectivity index (χ2n) is 5.66. The van der Waals surface area contributed by atoms with E-state index in [0.717, 1.165) is 4.57 Å². The maximum Gasteiger partial charge on any atom is 0.441 e. The summed E-state index contributed by atoms with van der Waals surface area (Å²) in [5, 5.41) is 8.41. The van der Waals surface area contributed by atoms with Gasteiger partial charge in [0.05, 0.1) is 18.4 Å². The van der Waals surface area contributed by atoms with Gasteiger partial charge in [-0.2, -0.15) is 18.6 Å². The summed E-state index contributed by atoms with van der Waals surface area (Å²) in [5.74, 6) is -0.561. The van der Waals surface area contributed by atoms with E-state index in [9.17, 15) is 18.0 Å². The smallest absolute Gasteiger partial charge is 0.304 e. The molecule has 25 heavy (non-hydrogen) atoms. The van der Waals surface area contributed by atoms with Gasteiger partial charge in [-0.15, -0.1) is 4.28 Å². The number of fused-ring (bicyclic) bond motifs is 4. The standard InChI is InChI=1S/C11H12N6O7S/c1-14-9(13-23-11(14)19)8-7-5(3-12-15(7)2)6-4-16(8)10(18)17(6)24-25(20,21)22/h3,6,8H,4H2,1-2H3,(H,20,21,22)/t6-,8-/m0/s1. The number of hydrogen-bond donors (Lipinski definition) is 1. The average Bonchev–Trinajstić information content (AvgIpc) is 3.14. The molecule has 2 aliphatic heterocycles. The van der Waals surface area contributed by atoms with Gasteiger partial charge >= 0.3 is 22.2 Å². The van der Waals surface area contributed by atoms with Crippen LogP contribution in [0.3, 0.4) is 0 Å². The van der Waals surface area contributed by atoms with Crippen LogP contribution in [0.5, 0.6) is 0 Å². The van der Waals surface area contributed by atoms with Crippen molar-refractivity contribution in [2.24, 2.45) is 14.1 Å². The topological polar surface area (TPSA) is 153 Å². The number of hydrogen-bond acceptors (Lipinski definition) is 8. The molecular formula is C11H12N6O7S. The molecule has 2 aliphatic rings. The highest BCUT2D eigenvalue weighted by atomic mass is 32.3. The van der Waals surface area contributed by atoms with Crippen molar-refractivity contribution in [1.82, 2.24) is 29.5 Å². The Morgan fingerprint density at radius 2 is 2.08 bits per heavy atom. The summed E-state index contributed by atoms with van der Waals surface area (Å²) in [6.45, 7) is 0.0543. The van der Waals surface area contributed by atoms with E-state index in [-0.39, 0.29) is 12.4 Å². The molecule has 4 heterocycles. The Labute approximate surface area is 139 Å². The lowest BCUT2D eigenvalue weighted by atomic mass is 9.97. The third-order valence-electron chi connectivity index (χ3n) is 4.28. The van der Waals surface area contributed by atoms with Crippen molar-refractivity contribution in [1.29, 1.82) is 0 Å². The van der Waals surface area contributed by atoms with E-state index < -0.39 is 34.3 Å². The Kier molecular flexibility index (Phi) is 3.10. The van der Waals surface area contributed by atoms with Gasteiger partial charge in [-0.25, -0.2) is 9.59 Å². The molecule has 0 aliphatic carbocycles. The molecule has 1 N–H and O–H groups in total. The zero-order chi connectivity index (χ0) is 18.1. The van der Waals surface area contributed by atoms with Crippen LogP contribution in [-0.4, -0.2) is 55.0 Å². The van der Waals surface area contributed by atoms with E-state index in [1.807, 2.05) is 0 Å². The molecule has 2 aromatic heterocycles. The monoisotopic (exact) mass is 372 g/mol. The van der Waals surface area contributed by atoms with Crippen LogP contribution in [0.4, 0.5) is 4.79 Å². The third-order valence-corrected chi connectivity index (χ3v) is 4.63. The molecule has 13 nitrogen and oxygen atoms in total. The molecule has 0 spiro atoms. The van der Waals surface area contributed by atoms with Crippen LogP contribution in [0.25, 0.3) is 0 Å². The van der Waals surface area contributed by atoms with Crippen molar-refractivity contribution in [3.8, 4) is 0 Å². The number of nitrogens with zero attached hydrogens (tertiary/aromatic N) is 6. The van der Waals surface area contributed by atoms with Gasteiger partial charge in [-0.3, -0.25) is 18.3 Å². The molecule has 0 unspecified atom stereocenters. The summed E-state index contributed by atoms with van der Waals surface area (Å²) in [7, 11) is -1.83. The normalized spacial score (nSPS) is 22.6. The van der Waals surface area contributed by atoms with Crippen molar-refractivity contribution in [3.05, 3.63) is 33.8 Å². The second-order valence-corrected chi connectivity index (χ2v) is 6.66. The van der Waals surface area contributed by atoms with E-state index >= 15 is 0 Å². The first-order chi connectivity index (χ1) is 11.7. The maximum absolute atomic E-state index is 12.6. The van der Waals surface area contributed by atoms with Crippen molar-refractivity contribution >= 4 is 16.4 Å². The molecule has 1 fully saturated rings. The predicted molar refractivity (Wildman–Crippen MR) is 76.1 cm³/mol. The average molecular weight is 372 g/mol. The summed E-state index contributed by atoms with van der Waals surface area (Å²) in [5.41, 5.74) is 1.03. The molecule has 0 radical (unpaired) electrons. The summed E-state index contributed by atoms with van der Waals surface area (Å²) in [6.07, 6.45) is 1.46. The maximum atomic E-state index is 12.6. The molecule has 134 valence electrons. The molecule has 1 saturated heterocycles. The second kappa shape index (κ2) is 4.90. The van der Waals surface area contributed by atoms with Crippen LogP contribution in [0.2, 0.25) is 0 Å². The molecule has 2 amide bonds. The minimum atomic E-state index is -4.90. The first-order valence-electron chi connectivity index (χ1n) is 7.00. The summed E-state index contributed by atoms with van der Waals surface area (Å²) < 4.78 is 42.8. The van der Waals surface area contributed by atoms with Crippen molar-refractivity contribution in [2.75, 3.05) is 6.54 Å². The molecule has 4 rings (SSSR count). The minimum Gasteiger partial charge on any atom is -0.304 e. The number of rotatable bonds is 3. The van der Waals surface area contributed by atoms with Gasteiger partial charge in [0.25, 0.3) is 0 Å². The first kappa shape index (κ1) is 15.8. The number of aromatic nitrogens is 4. The summed E-state index contributed by atoms with van der Waals surface area (Å²) in [4.78, 5) is 25.5. The highest BCUT2D eigenvalue weighted by Crippen LogP contribution is 2.45. The van der Waals surface area contributed by atoms with E-state index in [2.05, 4.69) is 19.1 Å². The number of hydroxylamine groups is 2. The van der Waals surface area contributed by atoms with Gasteiger partial charge in [0.15, 0.2) is 5.82 Å². The van der Waals surface area contributed by atoms with Crippen molar-refractivity contribution in [3.63, 3.8) is 0 Å². The van der Waals surface area contributed by atoms with Crippen LogP contribution in [0.15, 0.2) is 15.5 Å². The van der Waals surface area contributed by atoms with Crippen LogP contribution in [-0.2, 0) is 28.8 Å². The lowest BCUT2D eigenvalue weighted by Crippen LogP contribution is -2.38. The minimum absolute atomic E-state index is 0.0543. The Balaban J connectivity index is 1.89. The molecule has 2 atom stereocenters. The zero-order valence-electron chi connectivity index (χ0n) is 12.9. The predicted octanol–water partition coefficient (Wildman–Crippen LogP) is -1.28. The largest absolute Gasteiger partial charge is 0.441 e. The zero-order valence-corrected chi connectivity index (χ0v) is 13.7. The van der Waals surface area contributed by atoms with Gasteiger partial charge in [-0.1, -0.05) is 5.16 Å². The lowest BCUT2D eigenvalue weighted by Gasteiger charge is -2.29. The fourth-order valence-corrected chi connectivity index (χ4v) is 3.59. The lowest BCUT2D eigenvalue weighted by molar-refractivity contribution is -0.0317. The molecule has 0 aromatic carbocycles. The van der Waals surface area contributed by atoms with Gasteiger partial charge in [0.2, 0.25) is 0 Å². The highest BCUT2D eigenvalue weighted by molar-refractivity contribution is 7.80. The molecule has 14 heteroatoms. The van der Waals surface area contributed by atoms with E-state index in [4.69, 9.17) is 4.55 Å². The SMILES string of the molecule is Cn1ncc2c1[C@@H](c1noc(=O)n1C)N1C[C@@H]2N(OS(=O)(=O)O)C1=O. The number of amides is 2. The fourth-order valence-electron chi connectivity index (χ4n) is 3.22. The summed E-state index contributed by atoms with van der Waals surface area (Å²) >= 11 is 0. The van der Waals surface area contributed by atoms with E-state index in [1.54, 1.807) is 7.05 Å².